The van der Waals surface area contributed by atoms with Crippen molar-refractivity contribution in [2.24, 2.45) is 0 Å². The minimum atomic E-state index is -0.0850. The normalized spacial score (nSPS) is 16.9. The molecule has 0 saturated heterocycles. The molecule has 2 aliphatic heterocycles. The molecule has 3 rings (SSSR count). The number of hydrogen-bond acceptors (Lipinski definition) is 3. The number of rotatable bonds is 2. The van der Waals surface area contributed by atoms with Gasteiger partial charge >= 0.3 is 6.03 Å². The Kier molecular flexibility index (Phi) is 2.95. The molecule has 5 heteroatoms. The predicted molar refractivity (Wildman–Crippen MR) is 69.8 cm³/mol. The zero-order chi connectivity index (χ0) is 13.2. The first-order chi connectivity index (χ1) is 9.22. The first-order valence-corrected chi connectivity index (χ1v) is 6.21. The Balaban J connectivity index is 1.54. The number of aromatic nitrogens is 1. The molecule has 1 N–H and O–H groups in total. The molecule has 2 amide bonds. The average Bonchev–Trinajstić information content (AvgIpc) is 3.01. The van der Waals surface area contributed by atoms with E-state index < -0.39 is 0 Å². The third kappa shape index (κ3) is 2.45. The van der Waals surface area contributed by atoms with Crippen LogP contribution in [0.3, 0.4) is 0 Å². The maximum atomic E-state index is 12.0. The van der Waals surface area contributed by atoms with Crippen LogP contribution in [0.4, 0.5) is 4.79 Å². The first-order valence-electron chi connectivity index (χ1n) is 6.21. The largest absolute Gasteiger partial charge is 0.465 e. The van der Waals surface area contributed by atoms with Crippen LogP contribution >= 0.6 is 0 Å². The number of nitrogens with zero attached hydrogens (tertiary/aromatic N) is 2. The summed E-state index contributed by atoms with van der Waals surface area (Å²) in [7, 11) is 0. The molecule has 1 aromatic heterocycles. The molecule has 1 aromatic rings. The highest BCUT2D eigenvalue weighted by atomic mass is 16.5. The lowest BCUT2D eigenvalue weighted by molar-refractivity contribution is 0.197. The Morgan fingerprint density at radius 1 is 1.47 bits per heavy atom. The Bertz CT molecular complexity index is 541. The van der Waals surface area contributed by atoms with Crippen molar-refractivity contribution in [1.29, 1.82) is 0 Å². The van der Waals surface area contributed by atoms with Crippen molar-refractivity contribution in [2.75, 3.05) is 6.54 Å². The molecule has 0 radical (unpaired) electrons. The Morgan fingerprint density at radius 2 is 2.32 bits per heavy atom. The Hall–Kier alpha value is -2.30. The van der Waals surface area contributed by atoms with Gasteiger partial charge in [0.2, 0.25) is 0 Å². The van der Waals surface area contributed by atoms with Crippen LogP contribution in [-0.4, -0.2) is 22.5 Å². The summed E-state index contributed by atoms with van der Waals surface area (Å²) in [6.07, 6.45) is 6.23. The lowest BCUT2D eigenvalue weighted by Crippen LogP contribution is -2.37. The summed E-state index contributed by atoms with van der Waals surface area (Å²) in [6.45, 7) is 5.39. The van der Waals surface area contributed by atoms with Gasteiger partial charge in [-0.3, -0.25) is 4.98 Å². The van der Waals surface area contributed by atoms with E-state index in [0.29, 0.717) is 19.6 Å². The van der Waals surface area contributed by atoms with Gasteiger partial charge in [0.1, 0.15) is 11.5 Å². The zero-order valence-electron chi connectivity index (χ0n) is 10.6. The number of amides is 2. The SMILES string of the molecule is C=C1CC=C(CNC(=O)N2Cc3ccncc3C2)O1. The molecule has 19 heavy (non-hydrogen) atoms. The number of ether oxygens (including phenoxy) is 1. The number of allylic oxidation sites excluding steroid dienone is 1. The number of urea groups is 1. The van der Waals surface area contributed by atoms with E-state index in [9.17, 15) is 4.79 Å². The minimum absolute atomic E-state index is 0.0850. The highest BCUT2D eigenvalue weighted by Gasteiger charge is 2.23. The van der Waals surface area contributed by atoms with Crippen molar-refractivity contribution in [3.05, 3.63) is 53.8 Å². The van der Waals surface area contributed by atoms with Crippen molar-refractivity contribution in [3.63, 3.8) is 0 Å². The van der Waals surface area contributed by atoms with Gasteiger partial charge in [0.05, 0.1) is 6.54 Å². The summed E-state index contributed by atoms with van der Waals surface area (Å²) in [5.41, 5.74) is 2.28. The maximum Gasteiger partial charge on any atom is 0.318 e. The van der Waals surface area contributed by atoms with Crippen LogP contribution < -0.4 is 5.32 Å². The van der Waals surface area contributed by atoms with E-state index >= 15 is 0 Å². The summed E-state index contributed by atoms with van der Waals surface area (Å²) in [5.74, 6) is 1.49. The highest BCUT2D eigenvalue weighted by molar-refractivity contribution is 5.75. The monoisotopic (exact) mass is 257 g/mol. The van der Waals surface area contributed by atoms with Crippen LogP contribution in [0.5, 0.6) is 0 Å². The Labute approximate surface area is 111 Å². The third-order valence-corrected chi connectivity index (χ3v) is 3.26. The second-order valence-electron chi connectivity index (χ2n) is 4.67. The van der Waals surface area contributed by atoms with Crippen LogP contribution in [0, 0.1) is 0 Å². The van der Waals surface area contributed by atoms with E-state index in [1.54, 1.807) is 11.1 Å². The van der Waals surface area contributed by atoms with E-state index in [1.807, 2.05) is 18.3 Å². The van der Waals surface area contributed by atoms with Gasteiger partial charge in [-0.05, 0) is 23.3 Å². The molecule has 3 heterocycles. The standard InChI is InChI=1S/C14H15N3O2/c1-10-2-3-13(19-10)7-16-14(18)17-8-11-4-5-15-6-12(11)9-17/h3-6H,1-2,7-9H2,(H,16,18). The van der Waals surface area contributed by atoms with Gasteiger partial charge in [-0.1, -0.05) is 6.58 Å². The van der Waals surface area contributed by atoms with E-state index in [-0.39, 0.29) is 6.03 Å². The number of fused-ring (bicyclic) bond motifs is 1. The van der Waals surface area contributed by atoms with Crippen LogP contribution in [0.2, 0.25) is 0 Å². The molecular formula is C14H15N3O2. The topological polar surface area (TPSA) is 54.5 Å². The quantitative estimate of drug-likeness (QED) is 0.880. The molecule has 2 aliphatic rings. The van der Waals surface area contributed by atoms with Crippen LogP contribution in [-0.2, 0) is 17.8 Å². The molecule has 0 fully saturated rings. The van der Waals surface area contributed by atoms with Gasteiger partial charge in [-0.25, -0.2) is 4.79 Å². The molecule has 0 atom stereocenters. The van der Waals surface area contributed by atoms with Crippen molar-refractivity contribution in [1.82, 2.24) is 15.2 Å². The molecule has 0 aliphatic carbocycles. The van der Waals surface area contributed by atoms with E-state index in [0.717, 1.165) is 29.1 Å². The molecule has 0 saturated carbocycles. The van der Waals surface area contributed by atoms with Gasteiger partial charge in [-0.15, -0.1) is 0 Å². The smallest absolute Gasteiger partial charge is 0.318 e. The van der Waals surface area contributed by atoms with E-state index in [1.165, 1.54) is 0 Å². The average molecular weight is 257 g/mol. The molecule has 0 unspecified atom stereocenters. The second-order valence-corrected chi connectivity index (χ2v) is 4.67. The predicted octanol–water partition coefficient (Wildman–Crippen LogP) is 1.92. The number of nitrogens with one attached hydrogen (secondary N) is 1. The molecule has 0 aromatic carbocycles. The summed E-state index contributed by atoms with van der Waals surface area (Å²) in [4.78, 5) is 17.9. The molecule has 5 nitrogen and oxygen atoms in total. The second kappa shape index (κ2) is 4.76. The summed E-state index contributed by atoms with van der Waals surface area (Å²) < 4.78 is 5.36. The fourth-order valence-corrected chi connectivity index (χ4v) is 2.24. The molecule has 0 spiro atoms. The van der Waals surface area contributed by atoms with Crippen molar-refractivity contribution < 1.29 is 9.53 Å². The minimum Gasteiger partial charge on any atom is -0.465 e. The van der Waals surface area contributed by atoms with Crippen LogP contribution in [0.25, 0.3) is 0 Å². The fraction of sp³-hybridized carbons (Fsp3) is 0.286. The van der Waals surface area contributed by atoms with E-state index in [4.69, 9.17) is 4.74 Å². The summed E-state index contributed by atoms with van der Waals surface area (Å²) in [5, 5.41) is 2.85. The number of hydrogen-bond donors (Lipinski definition) is 1. The van der Waals surface area contributed by atoms with Gasteiger partial charge in [0.15, 0.2) is 0 Å². The van der Waals surface area contributed by atoms with Gasteiger partial charge < -0.3 is 15.0 Å². The van der Waals surface area contributed by atoms with Gasteiger partial charge in [-0.2, -0.15) is 0 Å². The maximum absolute atomic E-state index is 12.0. The third-order valence-electron chi connectivity index (χ3n) is 3.26. The van der Waals surface area contributed by atoms with E-state index in [2.05, 4.69) is 16.9 Å². The Morgan fingerprint density at radius 3 is 3.05 bits per heavy atom. The zero-order valence-corrected chi connectivity index (χ0v) is 10.6. The highest BCUT2D eigenvalue weighted by Crippen LogP contribution is 2.21. The number of carbonyl (C=O) groups is 1. The number of pyridine rings is 1. The number of carbonyl (C=O) groups excluding carboxylic acids is 1. The lowest BCUT2D eigenvalue weighted by atomic mass is 10.2. The van der Waals surface area contributed by atoms with Crippen LogP contribution in [0.1, 0.15) is 17.5 Å². The first kappa shape index (κ1) is 11.8. The van der Waals surface area contributed by atoms with Crippen molar-refractivity contribution in [2.45, 2.75) is 19.5 Å². The summed E-state index contributed by atoms with van der Waals surface area (Å²) >= 11 is 0. The van der Waals surface area contributed by atoms with Crippen molar-refractivity contribution in [3.8, 4) is 0 Å². The molecule has 0 bridgehead atoms. The summed E-state index contributed by atoms with van der Waals surface area (Å²) in [6, 6.07) is 1.87. The van der Waals surface area contributed by atoms with Gasteiger partial charge in [0, 0.05) is 31.9 Å². The molecular weight excluding hydrogens is 242 g/mol. The van der Waals surface area contributed by atoms with Crippen LogP contribution in [0.15, 0.2) is 42.6 Å². The molecule has 98 valence electrons. The lowest BCUT2D eigenvalue weighted by Gasteiger charge is -2.16. The van der Waals surface area contributed by atoms with Gasteiger partial charge in [0.25, 0.3) is 0 Å². The fourth-order valence-electron chi connectivity index (χ4n) is 2.24. The van der Waals surface area contributed by atoms with Crippen molar-refractivity contribution >= 4 is 6.03 Å².